The Kier molecular flexibility index (Phi) is 5.96. The molecule has 1 atom stereocenters. The minimum Gasteiger partial charge on any atom is -0.310 e. The van der Waals surface area contributed by atoms with Crippen molar-refractivity contribution in [2.75, 3.05) is 33.7 Å². The van der Waals surface area contributed by atoms with Crippen LogP contribution in [0.15, 0.2) is 5.38 Å². The summed E-state index contributed by atoms with van der Waals surface area (Å²) in [5.41, 5.74) is 1.23. The van der Waals surface area contributed by atoms with E-state index in [0.29, 0.717) is 12.0 Å². The first kappa shape index (κ1) is 15.9. The lowest BCUT2D eigenvalue weighted by Gasteiger charge is -2.19. The van der Waals surface area contributed by atoms with E-state index in [-0.39, 0.29) is 0 Å². The van der Waals surface area contributed by atoms with Crippen LogP contribution in [0.1, 0.15) is 31.0 Å². The number of thiazole rings is 1. The molecule has 1 unspecified atom stereocenters. The number of hydrogen-bond acceptors (Lipinski definition) is 5. The first-order valence-electron chi connectivity index (χ1n) is 7.57. The molecular formula is C15H28N4S. The Morgan fingerprint density at radius 1 is 1.50 bits per heavy atom. The minimum absolute atomic E-state index is 0.696. The van der Waals surface area contributed by atoms with E-state index in [1.807, 2.05) is 0 Å². The van der Waals surface area contributed by atoms with Crippen LogP contribution in [0.2, 0.25) is 0 Å². The van der Waals surface area contributed by atoms with Crippen LogP contribution >= 0.6 is 11.3 Å². The summed E-state index contributed by atoms with van der Waals surface area (Å²) in [5, 5.41) is 6.89. The molecule has 2 rings (SSSR count). The fourth-order valence-electron chi connectivity index (χ4n) is 2.58. The van der Waals surface area contributed by atoms with Crippen LogP contribution in [0.25, 0.3) is 0 Å². The van der Waals surface area contributed by atoms with Crippen LogP contribution < -0.4 is 5.32 Å². The van der Waals surface area contributed by atoms with Gasteiger partial charge >= 0.3 is 0 Å². The second-order valence-electron chi connectivity index (χ2n) is 6.40. The molecule has 1 saturated heterocycles. The first-order valence-corrected chi connectivity index (χ1v) is 8.45. The maximum atomic E-state index is 4.74. The van der Waals surface area contributed by atoms with Gasteiger partial charge in [-0.2, -0.15) is 0 Å². The summed E-state index contributed by atoms with van der Waals surface area (Å²) < 4.78 is 0. The van der Waals surface area contributed by atoms with Crippen molar-refractivity contribution >= 4 is 11.3 Å². The van der Waals surface area contributed by atoms with Crippen LogP contribution in [-0.2, 0) is 13.1 Å². The zero-order chi connectivity index (χ0) is 14.5. The van der Waals surface area contributed by atoms with Crippen LogP contribution in [0, 0.1) is 5.92 Å². The molecular weight excluding hydrogens is 268 g/mol. The average Bonchev–Trinajstić information content (AvgIpc) is 2.99. The molecule has 1 aliphatic rings. The molecule has 2 heterocycles. The predicted molar refractivity (Wildman–Crippen MR) is 86.0 cm³/mol. The highest BCUT2D eigenvalue weighted by Crippen LogP contribution is 2.17. The van der Waals surface area contributed by atoms with E-state index in [1.54, 1.807) is 11.3 Å². The van der Waals surface area contributed by atoms with Gasteiger partial charge in [-0.3, -0.25) is 4.90 Å². The van der Waals surface area contributed by atoms with E-state index in [9.17, 15) is 0 Å². The molecule has 0 aromatic carbocycles. The standard InChI is InChI=1S/C15H28N4S/c1-12(2)7-16-8-15-17-13(11-20-15)9-19-6-5-14(10-19)18(3)4/h11-12,14,16H,5-10H2,1-4H3. The van der Waals surface area contributed by atoms with Crippen molar-refractivity contribution < 1.29 is 0 Å². The number of rotatable bonds is 7. The molecule has 0 bridgehead atoms. The normalized spacial score (nSPS) is 20.4. The van der Waals surface area contributed by atoms with Gasteiger partial charge in [0.15, 0.2) is 0 Å². The van der Waals surface area contributed by atoms with E-state index in [2.05, 4.69) is 48.4 Å². The Morgan fingerprint density at radius 2 is 2.30 bits per heavy atom. The molecule has 20 heavy (non-hydrogen) atoms. The number of aromatic nitrogens is 1. The highest BCUT2D eigenvalue weighted by Gasteiger charge is 2.24. The zero-order valence-electron chi connectivity index (χ0n) is 13.2. The fourth-order valence-corrected chi connectivity index (χ4v) is 3.33. The summed E-state index contributed by atoms with van der Waals surface area (Å²) in [6.07, 6.45) is 1.28. The molecule has 0 spiro atoms. The summed E-state index contributed by atoms with van der Waals surface area (Å²) in [6, 6.07) is 0.709. The Morgan fingerprint density at radius 3 is 2.95 bits per heavy atom. The van der Waals surface area contributed by atoms with Crippen molar-refractivity contribution in [2.24, 2.45) is 5.92 Å². The van der Waals surface area contributed by atoms with E-state index < -0.39 is 0 Å². The van der Waals surface area contributed by atoms with Crippen LogP contribution in [-0.4, -0.2) is 54.6 Å². The van der Waals surface area contributed by atoms with Crippen molar-refractivity contribution in [3.05, 3.63) is 16.1 Å². The van der Waals surface area contributed by atoms with Crippen molar-refractivity contribution in [3.63, 3.8) is 0 Å². The van der Waals surface area contributed by atoms with E-state index in [1.165, 1.54) is 30.2 Å². The van der Waals surface area contributed by atoms with Gasteiger partial charge in [-0.15, -0.1) is 11.3 Å². The van der Waals surface area contributed by atoms with Crippen LogP contribution in [0.3, 0.4) is 0 Å². The number of nitrogens with one attached hydrogen (secondary N) is 1. The zero-order valence-corrected chi connectivity index (χ0v) is 14.0. The lowest BCUT2D eigenvalue weighted by atomic mass is 10.2. The van der Waals surface area contributed by atoms with Gasteiger partial charge in [-0.05, 0) is 33.0 Å². The van der Waals surface area contributed by atoms with Gasteiger partial charge in [0.25, 0.3) is 0 Å². The molecule has 0 amide bonds. The van der Waals surface area contributed by atoms with Crippen LogP contribution in [0.4, 0.5) is 0 Å². The molecule has 1 aromatic heterocycles. The highest BCUT2D eigenvalue weighted by molar-refractivity contribution is 7.09. The predicted octanol–water partition coefficient (Wildman–Crippen LogP) is 2.02. The minimum atomic E-state index is 0.696. The van der Waals surface area contributed by atoms with E-state index in [4.69, 9.17) is 4.98 Å². The van der Waals surface area contributed by atoms with Crippen LogP contribution in [0.5, 0.6) is 0 Å². The number of likely N-dealkylation sites (tertiary alicyclic amines) is 1. The number of likely N-dealkylation sites (N-methyl/N-ethyl adjacent to an activating group) is 1. The second-order valence-corrected chi connectivity index (χ2v) is 7.34. The maximum Gasteiger partial charge on any atom is 0.107 e. The smallest absolute Gasteiger partial charge is 0.107 e. The SMILES string of the molecule is CC(C)CNCc1nc(CN2CCC(N(C)C)C2)cs1. The average molecular weight is 296 g/mol. The summed E-state index contributed by atoms with van der Waals surface area (Å²) >= 11 is 1.78. The Hall–Kier alpha value is -0.490. The largest absolute Gasteiger partial charge is 0.310 e. The topological polar surface area (TPSA) is 31.4 Å². The van der Waals surface area contributed by atoms with Gasteiger partial charge in [0, 0.05) is 37.6 Å². The Balaban J connectivity index is 1.75. The third kappa shape index (κ3) is 4.81. The third-order valence-corrected chi connectivity index (χ3v) is 4.69. The molecule has 0 aliphatic carbocycles. The molecule has 4 nitrogen and oxygen atoms in total. The number of nitrogens with zero attached hydrogens (tertiary/aromatic N) is 3. The Labute approximate surface area is 127 Å². The molecule has 1 N–H and O–H groups in total. The molecule has 0 saturated carbocycles. The van der Waals surface area contributed by atoms with Crippen molar-refractivity contribution in [2.45, 2.75) is 39.4 Å². The summed E-state index contributed by atoms with van der Waals surface area (Å²) in [5.74, 6) is 0.696. The molecule has 1 aromatic rings. The van der Waals surface area contributed by atoms with Crippen molar-refractivity contribution in [1.82, 2.24) is 20.1 Å². The Bertz CT molecular complexity index is 402. The van der Waals surface area contributed by atoms with Gasteiger partial charge in [-0.1, -0.05) is 13.8 Å². The summed E-state index contributed by atoms with van der Waals surface area (Å²) in [6.45, 7) is 9.80. The summed E-state index contributed by atoms with van der Waals surface area (Å²) in [4.78, 5) is 9.60. The van der Waals surface area contributed by atoms with Gasteiger partial charge in [0.2, 0.25) is 0 Å². The quantitative estimate of drug-likeness (QED) is 0.834. The molecule has 1 aliphatic heterocycles. The fraction of sp³-hybridized carbons (Fsp3) is 0.800. The van der Waals surface area contributed by atoms with Gasteiger partial charge < -0.3 is 10.2 Å². The summed E-state index contributed by atoms with van der Waals surface area (Å²) in [7, 11) is 4.35. The first-order chi connectivity index (χ1) is 9.54. The maximum absolute atomic E-state index is 4.74. The second kappa shape index (κ2) is 7.50. The number of hydrogen-bond donors (Lipinski definition) is 1. The lowest BCUT2D eigenvalue weighted by Crippen LogP contribution is -2.31. The van der Waals surface area contributed by atoms with Gasteiger partial charge in [0.1, 0.15) is 5.01 Å². The van der Waals surface area contributed by atoms with Crippen molar-refractivity contribution in [3.8, 4) is 0 Å². The molecule has 114 valence electrons. The van der Waals surface area contributed by atoms with E-state index >= 15 is 0 Å². The van der Waals surface area contributed by atoms with Gasteiger partial charge in [0.05, 0.1) is 5.69 Å². The van der Waals surface area contributed by atoms with E-state index in [0.717, 1.165) is 19.6 Å². The molecule has 0 radical (unpaired) electrons. The van der Waals surface area contributed by atoms with Gasteiger partial charge in [-0.25, -0.2) is 4.98 Å². The lowest BCUT2D eigenvalue weighted by molar-refractivity contribution is 0.263. The van der Waals surface area contributed by atoms with Crippen molar-refractivity contribution in [1.29, 1.82) is 0 Å². The third-order valence-electron chi connectivity index (χ3n) is 3.79. The molecule has 1 fully saturated rings. The monoisotopic (exact) mass is 296 g/mol. The highest BCUT2D eigenvalue weighted by atomic mass is 32.1. The molecule has 5 heteroatoms.